The number of aromatic nitrogens is 1. The smallest absolute Gasteiger partial charge is 0.254 e. The first kappa shape index (κ1) is 17.7. The Morgan fingerprint density at radius 3 is 2.48 bits per heavy atom. The summed E-state index contributed by atoms with van der Waals surface area (Å²) in [7, 11) is 0. The van der Waals surface area contributed by atoms with Crippen LogP contribution in [-0.4, -0.2) is 52.9 Å². The number of amides is 1. The molecule has 0 bridgehead atoms. The Kier molecular flexibility index (Phi) is 4.70. The molecule has 3 aromatic rings. The number of benzene rings is 1. The lowest BCUT2D eigenvalue weighted by atomic mass is 10.0. The van der Waals surface area contributed by atoms with Gasteiger partial charge in [-0.05, 0) is 45.0 Å². The second kappa shape index (κ2) is 7.16. The van der Waals surface area contributed by atoms with Gasteiger partial charge in [0.05, 0.1) is 11.1 Å². The van der Waals surface area contributed by atoms with Gasteiger partial charge >= 0.3 is 0 Å². The van der Waals surface area contributed by atoms with Gasteiger partial charge in [0.1, 0.15) is 11.5 Å². The fraction of sp³-hybridized carbons (Fsp3) is 0.364. The minimum atomic E-state index is 0.0709. The van der Waals surface area contributed by atoms with Crippen LogP contribution in [0.4, 0.5) is 0 Å². The van der Waals surface area contributed by atoms with E-state index in [0.29, 0.717) is 23.1 Å². The van der Waals surface area contributed by atoms with Gasteiger partial charge < -0.3 is 9.32 Å². The molecule has 140 valence electrons. The van der Waals surface area contributed by atoms with E-state index in [-0.39, 0.29) is 5.91 Å². The molecular formula is C22H25N3O2. The lowest BCUT2D eigenvalue weighted by molar-refractivity contribution is 0.0597. The van der Waals surface area contributed by atoms with E-state index in [1.54, 1.807) is 0 Å². The normalized spacial score (nSPS) is 15.6. The van der Waals surface area contributed by atoms with E-state index in [2.05, 4.69) is 18.7 Å². The number of pyridine rings is 1. The average molecular weight is 363 g/mol. The van der Waals surface area contributed by atoms with Crippen molar-refractivity contribution in [3.63, 3.8) is 0 Å². The van der Waals surface area contributed by atoms with E-state index in [1.165, 1.54) is 0 Å². The molecule has 1 amide bonds. The van der Waals surface area contributed by atoms with Crippen LogP contribution in [0.25, 0.3) is 22.4 Å². The molecule has 0 unspecified atom stereocenters. The molecule has 1 aliphatic heterocycles. The van der Waals surface area contributed by atoms with Gasteiger partial charge in [-0.25, -0.2) is 4.98 Å². The number of piperazine rings is 1. The minimum absolute atomic E-state index is 0.0709. The van der Waals surface area contributed by atoms with Gasteiger partial charge in [0.15, 0.2) is 5.76 Å². The lowest BCUT2D eigenvalue weighted by Gasteiger charge is -2.37. The Labute approximate surface area is 159 Å². The van der Waals surface area contributed by atoms with E-state index in [9.17, 15) is 4.79 Å². The van der Waals surface area contributed by atoms with Crippen molar-refractivity contribution in [1.82, 2.24) is 14.8 Å². The van der Waals surface area contributed by atoms with Crippen molar-refractivity contribution in [3.05, 3.63) is 53.8 Å². The van der Waals surface area contributed by atoms with Crippen LogP contribution in [0.5, 0.6) is 0 Å². The summed E-state index contributed by atoms with van der Waals surface area (Å²) in [6.45, 7) is 9.64. The third kappa shape index (κ3) is 3.47. The molecule has 2 aromatic heterocycles. The summed E-state index contributed by atoms with van der Waals surface area (Å²) in [5, 5.41) is 0.890. The molecule has 4 rings (SSSR count). The summed E-state index contributed by atoms with van der Waals surface area (Å²) in [6, 6.07) is 14.0. The van der Waals surface area contributed by atoms with Crippen LogP contribution < -0.4 is 0 Å². The van der Waals surface area contributed by atoms with Gasteiger partial charge in [-0.2, -0.15) is 0 Å². The van der Waals surface area contributed by atoms with Crippen LogP contribution in [0.2, 0.25) is 0 Å². The Morgan fingerprint density at radius 2 is 1.81 bits per heavy atom. The van der Waals surface area contributed by atoms with E-state index in [1.807, 2.05) is 54.3 Å². The van der Waals surface area contributed by atoms with Crippen molar-refractivity contribution in [2.45, 2.75) is 26.8 Å². The molecule has 0 aliphatic carbocycles. The molecular weight excluding hydrogens is 338 g/mol. The number of aryl methyl sites for hydroxylation is 1. The van der Waals surface area contributed by atoms with Crippen molar-refractivity contribution < 1.29 is 9.21 Å². The largest absolute Gasteiger partial charge is 0.460 e. The number of rotatable bonds is 3. The second-order valence-electron chi connectivity index (χ2n) is 7.40. The zero-order valence-electron chi connectivity index (χ0n) is 16.1. The van der Waals surface area contributed by atoms with Gasteiger partial charge in [-0.3, -0.25) is 9.69 Å². The summed E-state index contributed by atoms with van der Waals surface area (Å²) >= 11 is 0. The summed E-state index contributed by atoms with van der Waals surface area (Å²) in [5.41, 5.74) is 2.21. The van der Waals surface area contributed by atoms with Gasteiger partial charge in [-0.1, -0.05) is 18.2 Å². The number of nitrogens with zero attached hydrogens (tertiary/aromatic N) is 3. The Morgan fingerprint density at radius 1 is 1.07 bits per heavy atom. The topological polar surface area (TPSA) is 49.6 Å². The van der Waals surface area contributed by atoms with E-state index >= 15 is 0 Å². The van der Waals surface area contributed by atoms with E-state index in [4.69, 9.17) is 9.40 Å². The minimum Gasteiger partial charge on any atom is -0.460 e. The number of para-hydroxylation sites is 1. The molecule has 1 saturated heterocycles. The average Bonchev–Trinajstić information content (AvgIpc) is 3.13. The molecule has 0 N–H and O–H groups in total. The predicted octanol–water partition coefficient (Wildman–Crippen LogP) is 3.97. The zero-order valence-corrected chi connectivity index (χ0v) is 16.1. The highest BCUT2D eigenvalue weighted by atomic mass is 16.3. The molecule has 1 fully saturated rings. The van der Waals surface area contributed by atoms with Crippen molar-refractivity contribution in [2.24, 2.45) is 0 Å². The summed E-state index contributed by atoms with van der Waals surface area (Å²) in [4.78, 5) is 22.4. The van der Waals surface area contributed by atoms with Gasteiger partial charge in [0.25, 0.3) is 5.91 Å². The predicted molar refractivity (Wildman–Crippen MR) is 107 cm³/mol. The number of furan rings is 1. The lowest BCUT2D eigenvalue weighted by Crippen LogP contribution is -2.50. The van der Waals surface area contributed by atoms with E-state index in [0.717, 1.165) is 42.8 Å². The third-order valence-corrected chi connectivity index (χ3v) is 5.27. The third-order valence-electron chi connectivity index (χ3n) is 5.27. The summed E-state index contributed by atoms with van der Waals surface area (Å²) in [5.74, 6) is 1.59. The maximum Gasteiger partial charge on any atom is 0.254 e. The maximum atomic E-state index is 13.3. The standard InChI is InChI=1S/C22H25N3O2/c1-15(2)24-10-12-25(13-11-24)22(26)18-14-20(21-9-8-16(3)27-21)23-19-7-5-4-6-17(18)19/h4-9,14-15H,10-13H2,1-3H3. The highest BCUT2D eigenvalue weighted by Gasteiger charge is 2.25. The number of hydrogen-bond donors (Lipinski definition) is 0. The molecule has 5 nitrogen and oxygen atoms in total. The van der Waals surface area contributed by atoms with Gasteiger partial charge in [0.2, 0.25) is 0 Å². The van der Waals surface area contributed by atoms with Crippen molar-refractivity contribution >= 4 is 16.8 Å². The van der Waals surface area contributed by atoms with Crippen LogP contribution in [0.1, 0.15) is 30.0 Å². The first-order valence-electron chi connectivity index (χ1n) is 9.53. The molecule has 1 aromatic carbocycles. The Balaban J connectivity index is 1.71. The molecule has 0 radical (unpaired) electrons. The number of carbonyl (C=O) groups excluding carboxylic acids is 1. The SMILES string of the molecule is Cc1ccc(-c2cc(C(=O)N3CCN(C(C)C)CC3)c3ccccc3n2)o1. The fourth-order valence-corrected chi connectivity index (χ4v) is 3.66. The molecule has 5 heteroatoms. The second-order valence-corrected chi connectivity index (χ2v) is 7.40. The molecule has 27 heavy (non-hydrogen) atoms. The number of hydrogen-bond acceptors (Lipinski definition) is 4. The number of carbonyl (C=O) groups is 1. The van der Waals surface area contributed by atoms with Gasteiger partial charge in [-0.15, -0.1) is 0 Å². The summed E-state index contributed by atoms with van der Waals surface area (Å²) < 4.78 is 5.75. The molecule has 0 saturated carbocycles. The highest BCUT2D eigenvalue weighted by Crippen LogP contribution is 2.27. The molecule has 0 atom stereocenters. The quantitative estimate of drug-likeness (QED) is 0.706. The summed E-state index contributed by atoms with van der Waals surface area (Å²) in [6.07, 6.45) is 0. The zero-order chi connectivity index (χ0) is 19.0. The van der Waals surface area contributed by atoms with Crippen LogP contribution in [-0.2, 0) is 0 Å². The molecule has 3 heterocycles. The Hall–Kier alpha value is -2.66. The first-order valence-corrected chi connectivity index (χ1v) is 9.53. The van der Waals surface area contributed by atoms with Crippen LogP contribution >= 0.6 is 0 Å². The molecule has 1 aliphatic rings. The van der Waals surface area contributed by atoms with Crippen molar-refractivity contribution in [3.8, 4) is 11.5 Å². The molecule has 0 spiro atoms. The van der Waals surface area contributed by atoms with Crippen molar-refractivity contribution in [1.29, 1.82) is 0 Å². The van der Waals surface area contributed by atoms with Crippen LogP contribution in [0.3, 0.4) is 0 Å². The number of fused-ring (bicyclic) bond motifs is 1. The van der Waals surface area contributed by atoms with Crippen LogP contribution in [0.15, 0.2) is 46.9 Å². The van der Waals surface area contributed by atoms with Crippen molar-refractivity contribution in [2.75, 3.05) is 26.2 Å². The fourth-order valence-electron chi connectivity index (χ4n) is 3.66. The van der Waals surface area contributed by atoms with E-state index < -0.39 is 0 Å². The van der Waals surface area contributed by atoms with Crippen LogP contribution in [0, 0.1) is 6.92 Å². The maximum absolute atomic E-state index is 13.3. The van der Waals surface area contributed by atoms with Gasteiger partial charge in [0, 0.05) is 37.6 Å². The first-order chi connectivity index (χ1) is 13.0. The monoisotopic (exact) mass is 363 g/mol. The highest BCUT2D eigenvalue weighted by molar-refractivity contribution is 6.07. The Bertz CT molecular complexity index is 969.